The van der Waals surface area contributed by atoms with Crippen molar-refractivity contribution in [3.63, 3.8) is 0 Å². The molecule has 0 saturated heterocycles. The fraction of sp³-hybridized carbons (Fsp3) is 1.00. The predicted octanol–water partition coefficient (Wildman–Crippen LogP) is 2.37. The molecule has 0 aliphatic rings. The highest BCUT2D eigenvalue weighted by Crippen LogP contribution is 2.25. The van der Waals surface area contributed by atoms with Crippen LogP contribution in [0.25, 0.3) is 0 Å². The number of hydrogen-bond donors (Lipinski definition) is 0. The van der Waals surface area contributed by atoms with Crippen molar-refractivity contribution in [1.29, 1.82) is 0 Å². The lowest BCUT2D eigenvalue weighted by Crippen LogP contribution is -2.51. The quantitative estimate of drug-likeness (QED) is 0.474. The Hall–Kier alpha value is -0.320. The second-order valence-electron chi connectivity index (χ2n) is 3.88. The Balaban J connectivity index is 4.24. The van der Waals surface area contributed by atoms with E-state index >= 15 is 0 Å². The Bertz CT molecular complexity index is 156. The molecule has 0 atom stereocenters. The van der Waals surface area contributed by atoms with Gasteiger partial charge >= 0.3 is 12.3 Å². The summed E-state index contributed by atoms with van der Waals surface area (Å²) >= 11 is 0. The Morgan fingerprint density at radius 1 is 1.23 bits per heavy atom. The lowest BCUT2D eigenvalue weighted by Gasteiger charge is -2.32. The molecule has 0 fully saturated rings. The number of nitrogens with zero attached hydrogens (tertiary/aromatic N) is 1. The van der Waals surface area contributed by atoms with Gasteiger partial charge in [-0.2, -0.15) is 8.78 Å². The molecule has 0 radical (unpaired) electrons. The first-order valence-corrected chi connectivity index (χ1v) is 4.19. The topological polar surface area (TPSA) is 0 Å². The van der Waals surface area contributed by atoms with E-state index in [1.807, 2.05) is 6.92 Å². The van der Waals surface area contributed by atoms with Crippen molar-refractivity contribution in [2.24, 2.45) is 0 Å². The molecule has 80 valence electrons. The van der Waals surface area contributed by atoms with E-state index in [1.54, 1.807) is 0 Å². The van der Waals surface area contributed by atoms with Crippen molar-refractivity contribution < 1.29 is 22.0 Å². The van der Waals surface area contributed by atoms with Gasteiger partial charge in [0.25, 0.3) is 0 Å². The van der Waals surface area contributed by atoms with Crippen LogP contribution in [-0.2, 0) is 0 Å². The summed E-state index contributed by atoms with van der Waals surface area (Å²) in [6, 6.07) is 0. The van der Waals surface area contributed by atoms with Gasteiger partial charge in [0, 0.05) is 0 Å². The zero-order chi connectivity index (χ0) is 10.7. The van der Waals surface area contributed by atoms with Gasteiger partial charge in [-0.25, -0.2) is 8.78 Å². The molecule has 0 saturated carbocycles. The smallest absolute Gasteiger partial charge is 0.323 e. The number of rotatable bonds is 5. The largest absolute Gasteiger partial charge is 0.354 e. The highest BCUT2D eigenvalue weighted by Gasteiger charge is 2.46. The fourth-order valence-electron chi connectivity index (χ4n) is 1.32. The monoisotopic (exact) mass is 202 g/mol. The van der Waals surface area contributed by atoms with Crippen molar-refractivity contribution in [1.82, 2.24) is 0 Å². The summed E-state index contributed by atoms with van der Waals surface area (Å²) in [7, 11) is 3.06. The third-order valence-corrected chi connectivity index (χ3v) is 1.79. The van der Waals surface area contributed by atoms with Crippen LogP contribution in [0.15, 0.2) is 0 Å². The van der Waals surface area contributed by atoms with Gasteiger partial charge in [-0.05, 0) is 6.42 Å². The average molecular weight is 202 g/mol. The molecule has 0 aromatic rings. The lowest BCUT2D eigenvalue weighted by molar-refractivity contribution is -0.898. The summed E-state index contributed by atoms with van der Waals surface area (Å²) in [5.74, 6) is -3.88. The molecule has 0 amide bonds. The van der Waals surface area contributed by atoms with Crippen LogP contribution < -0.4 is 0 Å². The lowest BCUT2D eigenvalue weighted by atomic mass is 10.2. The van der Waals surface area contributed by atoms with Crippen molar-refractivity contribution in [3.05, 3.63) is 0 Å². The molecule has 0 aliphatic carbocycles. The minimum absolute atomic E-state index is 0.0756. The first-order valence-electron chi connectivity index (χ1n) is 4.19. The minimum Gasteiger partial charge on any atom is -0.323 e. The third-order valence-electron chi connectivity index (χ3n) is 1.79. The third kappa shape index (κ3) is 4.45. The molecule has 0 aromatic carbocycles. The highest BCUT2D eigenvalue weighted by molar-refractivity contribution is 4.67. The molecular formula is C8H16F4N+. The summed E-state index contributed by atoms with van der Waals surface area (Å²) in [6.07, 6.45) is -2.87. The van der Waals surface area contributed by atoms with E-state index in [0.29, 0.717) is 13.0 Å². The van der Waals surface area contributed by atoms with Crippen LogP contribution in [0, 0.1) is 0 Å². The Morgan fingerprint density at radius 3 is 2.00 bits per heavy atom. The average Bonchev–Trinajstić information content (AvgIpc) is 1.83. The van der Waals surface area contributed by atoms with Crippen molar-refractivity contribution >= 4 is 0 Å². The molecule has 0 bridgehead atoms. The maximum Gasteiger partial charge on any atom is 0.354 e. The second kappa shape index (κ2) is 4.26. The van der Waals surface area contributed by atoms with Crippen LogP contribution in [0.2, 0.25) is 0 Å². The van der Waals surface area contributed by atoms with Gasteiger partial charge in [0.15, 0.2) is 0 Å². The van der Waals surface area contributed by atoms with Gasteiger partial charge in [0.2, 0.25) is 0 Å². The SMILES string of the molecule is CCC[N+](C)(C)CC(F)(F)C(F)F. The summed E-state index contributed by atoms with van der Waals surface area (Å²) < 4.78 is 48.8. The Kier molecular flexibility index (Phi) is 4.16. The van der Waals surface area contributed by atoms with Gasteiger partial charge in [-0.3, -0.25) is 0 Å². The van der Waals surface area contributed by atoms with Gasteiger partial charge in [0.1, 0.15) is 6.54 Å². The van der Waals surface area contributed by atoms with E-state index < -0.39 is 18.9 Å². The standard InChI is InChI=1S/C8H16F4N/c1-4-5-13(2,3)6-8(11,12)7(9)10/h7H,4-6H2,1-3H3/q+1. The highest BCUT2D eigenvalue weighted by atomic mass is 19.3. The van der Waals surface area contributed by atoms with Gasteiger partial charge in [-0.15, -0.1) is 0 Å². The number of hydrogen-bond acceptors (Lipinski definition) is 0. The van der Waals surface area contributed by atoms with Crippen molar-refractivity contribution in [2.75, 3.05) is 27.2 Å². The second-order valence-corrected chi connectivity index (χ2v) is 3.88. The van der Waals surface area contributed by atoms with Crippen LogP contribution in [0.5, 0.6) is 0 Å². The maximum absolute atomic E-state index is 12.6. The molecular weight excluding hydrogens is 186 g/mol. The van der Waals surface area contributed by atoms with E-state index in [9.17, 15) is 17.6 Å². The predicted molar refractivity (Wildman–Crippen MR) is 43.1 cm³/mol. The molecule has 0 unspecified atom stereocenters. The van der Waals surface area contributed by atoms with Gasteiger partial charge < -0.3 is 4.48 Å². The zero-order valence-corrected chi connectivity index (χ0v) is 8.16. The number of quaternary nitrogens is 1. The molecule has 1 nitrogen and oxygen atoms in total. The molecule has 0 spiro atoms. The van der Waals surface area contributed by atoms with E-state index in [0.717, 1.165) is 0 Å². The molecule has 0 aromatic heterocycles. The number of alkyl halides is 4. The maximum atomic E-state index is 12.6. The molecule has 0 rings (SSSR count). The van der Waals surface area contributed by atoms with Crippen molar-refractivity contribution in [2.45, 2.75) is 25.7 Å². The molecule has 13 heavy (non-hydrogen) atoms. The summed E-state index contributed by atoms with van der Waals surface area (Å²) in [5.41, 5.74) is 0. The van der Waals surface area contributed by atoms with Gasteiger partial charge in [-0.1, -0.05) is 6.92 Å². The van der Waals surface area contributed by atoms with Crippen LogP contribution in [0.3, 0.4) is 0 Å². The summed E-state index contributed by atoms with van der Waals surface area (Å²) in [6.45, 7) is 1.50. The Morgan fingerprint density at radius 2 is 1.69 bits per heavy atom. The molecule has 5 heteroatoms. The Labute approximate surface area is 75.9 Å². The first-order chi connectivity index (χ1) is 5.71. The van der Waals surface area contributed by atoms with Crippen LogP contribution in [0.4, 0.5) is 17.6 Å². The molecule has 0 aliphatic heterocycles. The van der Waals surface area contributed by atoms with Crippen LogP contribution in [-0.4, -0.2) is 44.0 Å². The fourth-order valence-corrected chi connectivity index (χ4v) is 1.32. The summed E-state index contributed by atoms with van der Waals surface area (Å²) in [5, 5.41) is 0. The number of halogens is 4. The van der Waals surface area contributed by atoms with E-state index in [4.69, 9.17) is 0 Å². The summed E-state index contributed by atoms with van der Waals surface area (Å²) in [4.78, 5) is 0. The van der Waals surface area contributed by atoms with E-state index in [-0.39, 0.29) is 4.48 Å². The van der Waals surface area contributed by atoms with Gasteiger partial charge in [0.05, 0.1) is 20.6 Å². The normalized spacial score (nSPS) is 13.8. The minimum atomic E-state index is -3.88. The molecule has 0 heterocycles. The van der Waals surface area contributed by atoms with Crippen molar-refractivity contribution in [3.8, 4) is 0 Å². The van der Waals surface area contributed by atoms with Crippen LogP contribution in [0.1, 0.15) is 13.3 Å². The van der Waals surface area contributed by atoms with Crippen LogP contribution >= 0.6 is 0 Å². The van der Waals surface area contributed by atoms with E-state index in [1.165, 1.54) is 14.1 Å². The zero-order valence-electron chi connectivity index (χ0n) is 8.16. The molecule has 0 N–H and O–H groups in total. The van der Waals surface area contributed by atoms with E-state index in [2.05, 4.69) is 0 Å². The first kappa shape index (κ1) is 12.7.